The SMILES string of the molecule is CC(C)(C)OC(=O)N1CC2(CNCC2c2ccccc2F)C1. The fourth-order valence-corrected chi connectivity index (χ4v) is 3.50. The lowest BCUT2D eigenvalue weighted by molar-refractivity contribution is -0.0331. The highest BCUT2D eigenvalue weighted by atomic mass is 19.1. The van der Waals surface area contributed by atoms with Gasteiger partial charge in [0.1, 0.15) is 11.4 Å². The van der Waals surface area contributed by atoms with Gasteiger partial charge in [0, 0.05) is 37.5 Å². The molecule has 1 atom stereocenters. The fraction of sp³-hybridized carbons (Fsp3) is 0.588. The number of benzene rings is 1. The topological polar surface area (TPSA) is 41.6 Å². The summed E-state index contributed by atoms with van der Waals surface area (Å²) >= 11 is 0. The minimum Gasteiger partial charge on any atom is -0.444 e. The van der Waals surface area contributed by atoms with E-state index in [1.807, 2.05) is 32.9 Å². The molecule has 1 N–H and O–H groups in total. The molecule has 1 spiro atoms. The normalized spacial score (nSPS) is 23.5. The van der Waals surface area contributed by atoms with Crippen LogP contribution in [0.25, 0.3) is 0 Å². The Bertz CT molecular complexity index is 576. The third kappa shape index (κ3) is 2.70. The summed E-state index contributed by atoms with van der Waals surface area (Å²) < 4.78 is 19.5. The van der Waals surface area contributed by atoms with E-state index < -0.39 is 5.60 Å². The zero-order valence-corrected chi connectivity index (χ0v) is 13.4. The summed E-state index contributed by atoms with van der Waals surface area (Å²) in [5.74, 6) is -0.0568. The predicted octanol–water partition coefficient (Wildman–Crippen LogP) is 2.75. The fourth-order valence-electron chi connectivity index (χ4n) is 3.50. The van der Waals surface area contributed by atoms with Crippen molar-refractivity contribution in [2.75, 3.05) is 26.2 Å². The lowest BCUT2D eigenvalue weighted by Crippen LogP contribution is -2.62. The Balaban J connectivity index is 1.71. The predicted molar refractivity (Wildman–Crippen MR) is 82.3 cm³/mol. The monoisotopic (exact) mass is 306 g/mol. The molecule has 4 nitrogen and oxygen atoms in total. The summed E-state index contributed by atoms with van der Waals surface area (Å²) in [6.45, 7) is 8.38. The van der Waals surface area contributed by atoms with E-state index in [0.29, 0.717) is 13.1 Å². The molecule has 1 aromatic rings. The molecule has 120 valence electrons. The molecule has 2 saturated heterocycles. The highest BCUT2D eigenvalue weighted by molar-refractivity contribution is 5.69. The maximum absolute atomic E-state index is 14.1. The molecular weight excluding hydrogens is 283 g/mol. The van der Waals surface area contributed by atoms with Gasteiger partial charge in [-0.3, -0.25) is 0 Å². The summed E-state index contributed by atoms with van der Waals surface area (Å²) in [5, 5.41) is 3.35. The van der Waals surface area contributed by atoms with E-state index in [4.69, 9.17) is 4.74 Å². The average Bonchev–Trinajstić information content (AvgIpc) is 2.79. The highest BCUT2D eigenvalue weighted by Crippen LogP contribution is 2.47. The molecule has 2 aliphatic heterocycles. The van der Waals surface area contributed by atoms with Gasteiger partial charge in [-0.05, 0) is 32.4 Å². The minimum absolute atomic E-state index is 0.0703. The summed E-state index contributed by atoms with van der Waals surface area (Å²) in [7, 11) is 0. The third-order valence-electron chi connectivity index (χ3n) is 4.51. The Hall–Kier alpha value is -1.62. The molecule has 0 aliphatic carbocycles. The van der Waals surface area contributed by atoms with Crippen molar-refractivity contribution in [3.8, 4) is 0 Å². The first-order valence-electron chi connectivity index (χ1n) is 7.74. The van der Waals surface area contributed by atoms with Gasteiger partial charge in [0.05, 0.1) is 0 Å². The van der Waals surface area contributed by atoms with Gasteiger partial charge >= 0.3 is 6.09 Å². The Kier molecular flexibility index (Phi) is 3.63. The van der Waals surface area contributed by atoms with Gasteiger partial charge in [-0.25, -0.2) is 9.18 Å². The molecule has 2 aliphatic rings. The second-order valence-corrected chi connectivity index (χ2v) is 7.40. The number of hydrogen-bond donors (Lipinski definition) is 1. The zero-order chi connectivity index (χ0) is 16.0. The lowest BCUT2D eigenvalue weighted by Gasteiger charge is -2.50. The molecule has 0 aromatic heterocycles. The smallest absolute Gasteiger partial charge is 0.410 e. The Morgan fingerprint density at radius 1 is 1.36 bits per heavy atom. The van der Waals surface area contributed by atoms with Crippen molar-refractivity contribution in [3.05, 3.63) is 35.6 Å². The van der Waals surface area contributed by atoms with E-state index in [9.17, 15) is 9.18 Å². The number of carbonyl (C=O) groups is 1. The lowest BCUT2D eigenvalue weighted by atomic mass is 9.69. The van der Waals surface area contributed by atoms with E-state index in [-0.39, 0.29) is 23.2 Å². The van der Waals surface area contributed by atoms with Crippen LogP contribution in [-0.4, -0.2) is 42.8 Å². The van der Waals surface area contributed by atoms with Crippen molar-refractivity contribution in [3.63, 3.8) is 0 Å². The Morgan fingerprint density at radius 2 is 2.05 bits per heavy atom. The number of nitrogens with one attached hydrogen (secondary N) is 1. The van der Waals surface area contributed by atoms with Crippen LogP contribution in [0.2, 0.25) is 0 Å². The molecular formula is C17H23FN2O2. The van der Waals surface area contributed by atoms with Gasteiger partial charge in [-0.1, -0.05) is 18.2 Å². The Morgan fingerprint density at radius 3 is 2.68 bits per heavy atom. The quantitative estimate of drug-likeness (QED) is 0.867. The van der Waals surface area contributed by atoms with E-state index >= 15 is 0 Å². The molecule has 2 fully saturated rings. The van der Waals surface area contributed by atoms with Gasteiger partial charge in [0.25, 0.3) is 0 Å². The molecule has 0 saturated carbocycles. The molecule has 1 unspecified atom stereocenters. The molecule has 0 bridgehead atoms. The van der Waals surface area contributed by atoms with Crippen LogP contribution in [0.4, 0.5) is 9.18 Å². The zero-order valence-electron chi connectivity index (χ0n) is 13.4. The van der Waals surface area contributed by atoms with Crippen molar-refractivity contribution < 1.29 is 13.9 Å². The molecule has 22 heavy (non-hydrogen) atoms. The maximum atomic E-state index is 14.1. The number of amides is 1. The molecule has 0 radical (unpaired) electrons. The van der Waals surface area contributed by atoms with Crippen LogP contribution in [0.1, 0.15) is 32.3 Å². The number of carbonyl (C=O) groups excluding carboxylic acids is 1. The number of ether oxygens (including phenoxy) is 1. The molecule has 1 aromatic carbocycles. The number of hydrogen-bond acceptors (Lipinski definition) is 3. The number of nitrogens with zero attached hydrogens (tertiary/aromatic N) is 1. The first kappa shape index (κ1) is 15.3. The second-order valence-electron chi connectivity index (χ2n) is 7.40. The van der Waals surface area contributed by atoms with Crippen molar-refractivity contribution in [1.82, 2.24) is 10.2 Å². The van der Waals surface area contributed by atoms with Crippen molar-refractivity contribution in [1.29, 1.82) is 0 Å². The first-order valence-corrected chi connectivity index (χ1v) is 7.74. The van der Waals surface area contributed by atoms with Gasteiger partial charge < -0.3 is 15.0 Å². The molecule has 1 amide bonds. The van der Waals surface area contributed by atoms with E-state index in [0.717, 1.165) is 18.7 Å². The molecule has 2 heterocycles. The standard InChI is InChI=1S/C17H23FN2O2/c1-16(2,3)22-15(21)20-10-17(11-20)9-19-8-13(17)12-6-4-5-7-14(12)18/h4-7,13,19H,8-11H2,1-3H3. The van der Waals surface area contributed by atoms with Crippen LogP contribution in [0.3, 0.4) is 0 Å². The summed E-state index contributed by atoms with van der Waals surface area (Å²) in [6.07, 6.45) is -0.280. The maximum Gasteiger partial charge on any atom is 0.410 e. The highest BCUT2D eigenvalue weighted by Gasteiger charge is 2.54. The average molecular weight is 306 g/mol. The molecule has 3 rings (SSSR count). The number of halogens is 1. The van der Waals surface area contributed by atoms with Crippen LogP contribution >= 0.6 is 0 Å². The Labute approximate surface area is 130 Å². The van der Waals surface area contributed by atoms with Gasteiger partial charge in [-0.15, -0.1) is 0 Å². The van der Waals surface area contributed by atoms with Crippen LogP contribution < -0.4 is 5.32 Å². The van der Waals surface area contributed by atoms with Crippen LogP contribution in [0, 0.1) is 11.2 Å². The van der Waals surface area contributed by atoms with Crippen molar-refractivity contribution >= 4 is 6.09 Å². The van der Waals surface area contributed by atoms with Crippen molar-refractivity contribution in [2.45, 2.75) is 32.3 Å². The second kappa shape index (κ2) is 5.23. The van der Waals surface area contributed by atoms with E-state index in [1.54, 1.807) is 11.0 Å². The van der Waals surface area contributed by atoms with Crippen molar-refractivity contribution in [2.24, 2.45) is 5.41 Å². The van der Waals surface area contributed by atoms with Gasteiger partial charge in [0.2, 0.25) is 0 Å². The van der Waals surface area contributed by atoms with Crippen LogP contribution in [0.15, 0.2) is 24.3 Å². The number of likely N-dealkylation sites (tertiary alicyclic amines) is 1. The van der Waals surface area contributed by atoms with Crippen LogP contribution in [0.5, 0.6) is 0 Å². The van der Waals surface area contributed by atoms with Gasteiger partial charge in [0.15, 0.2) is 0 Å². The molecule has 5 heteroatoms. The third-order valence-corrected chi connectivity index (χ3v) is 4.51. The first-order chi connectivity index (χ1) is 10.3. The summed E-state index contributed by atoms with van der Waals surface area (Å²) in [6, 6.07) is 6.94. The van der Waals surface area contributed by atoms with Crippen LogP contribution in [-0.2, 0) is 4.74 Å². The minimum atomic E-state index is -0.487. The summed E-state index contributed by atoms with van der Waals surface area (Å²) in [4.78, 5) is 13.8. The van der Waals surface area contributed by atoms with E-state index in [2.05, 4.69) is 5.32 Å². The van der Waals surface area contributed by atoms with E-state index in [1.165, 1.54) is 6.07 Å². The van der Waals surface area contributed by atoms with Gasteiger partial charge in [-0.2, -0.15) is 0 Å². The largest absolute Gasteiger partial charge is 0.444 e. The number of rotatable bonds is 1. The summed E-state index contributed by atoms with van der Waals surface area (Å²) in [5.41, 5.74) is 0.189.